The zero-order valence-corrected chi connectivity index (χ0v) is 17.9. The van der Waals surface area contributed by atoms with Gasteiger partial charge in [0.25, 0.3) is 5.79 Å². The van der Waals surface area contributed by atoms with Crippen molar-refractivity contribution in [2.24, 2.45) is 5.92 Å². The number of hydrogen-bond donors (Lipinski definition) is 1. The molecule has 1 aliphatic rings. The summed E-state index contributed by atoms with van der Waals surface area (Å²) in [6.07, 6.45) is 1.04. The maximum Gasteiger partial charge on any atom is 0.275 e. The molecule has 0 radical (unpaired) electrons. The third kappa shape index (κ3) is 3.59. The summed E-state index contributed by atoms with van der Waals surface area (Å²) in [5, 5.41) is 1.01. The Hall–Kier alpha value is -3.53. The molecule has 1 aliphatic heterocycles. The minimum Gasteiger partial charge on any atom is -0.445 e. The van der Waals surface area contributed by atoms with Gasteiger partial charge in [-0.1, -0.05) is 56.3 Å². The van der Waals surface area contributed by atoms with Gasteiger partial charge in [-0.25, -0.2) is 0 Å². The van der Waals surface area contributed by atoms with Crippen LogP contribution in [0.25, 0.3) is 10.9 Å². The molecule has 4 heteroatoms. The molecule has 0 spiro atoms. The second kappa shape index (κ2) is 7.31. The number of aromatic amines is 1. The van der Waals surface area contributed by atoms with Crippen molar-refractivity contribution >= 4 is 16.7 Å². The molecule has 1 aromatic heterocycles. The Kier molecular flexibility index (Phi) is 4.58. The summed E-state index contributed by atoms with van der Waals surface area (Å²) in [5.74, 6) is 0.839. The largest absolute Gasteiger partial charge is 0.445 e. The van der Waals surface area contributed by atoms with Gasteiger partial charge in [-0.15, -0.1) is 0 Å². The van der Waals surface area contributed by atoms with Crippen molar-refractivity contribution in [3.05, 3.63) is 95.2 Å². The Morgan fingerprint density at radius 1 is 0.935 bits per heavy atom. The number of hydrogen-bond acceptors (Lipinski definition) is 3. The molecule has 0 aliphatic carbocycles. The first-order chi connectivity index (χ1) is 14.9. The smallest absolute Gasteiger partial charge is 0.275 e. The van der Waals surface area contributed by atoms with E-state index in [0.29, 0.717) is 28.7 Å². The number of para-hydroxylation sites is 1. The summed E-state index contributed by atoms with van der Waals surface area (Å²) in [5.41, 5.74) is 4.30. The molecule has 5 rings (SSSR count). The topological polar surface area (TPSA) is 51.3 Å². The number of H-pyrrole nitrogens is 1. The first-order valence-corrected chi connectivity index (χ1v) is 10.7. The monoisotopic (exact) mass is 411 g/mol. The Bertz CT molecular complexity index is 1240. The van der Waals surface area contributed by atoms with Crippen LogP contribution in [0.15, 0.2) is 72.8 Å². The molecule has 0 saturated carbocycles. The number of nitrogens with one attached hydrogen (secondary N) is 1. The molecule has 1 unspecified atom stereocenters. The van der Waals surface area contributed by atoms with E-state index in [1.807, 2.05) is 43.3 Å². The predicted molar refractivity (Wildman–Crippen MR) is 122 cm³/mol. The Balaban J connectivity index is 1.39. The van der Waals surface area contributed by atoms with Gasteiger partial charge in [0.1, 0.15) is 0 Å². The lowest BCUT2D eigenvalue weighted by Gasteiger charge is -2.23. The van der Waals surface area contributed by atoms with Crippen LogP contribution in [0, 0.1) is 5.92 Å². The standard InChI is InChI=1S/C27H25NO3/c1-17(2)14-18-8-11-21(12-9-18)27(3)30-24-13-10-20(16-25(24)31-27)26(29)23-15-19-6-4-5-7-22(19)28-23/h4-13,15-17,28H,14H2,1-3H3. The molecule has 2 heterocycles. The van der Waals surface area contributed by atoms with Crippen molar-refractivity contribution in [3.8, 4) is 11.5 Å². The molecule has 0 saturated heterocycles. The van der Waals surface area contributed by atoms with Crippen LogP contribution in [0.3, 0.4) is 0 Å². The molecule has 0 bridgehead atoms. The highest BCUT2D eigenvalue weighted by atomic mass is 16.7. The van der Waals surface area contributed by atoms with Crippen LogP contribution >= 0.6 is 0 Å². The van der Waals surface area contributed by atoms with Crippen LogP contribution < -0.4 is 9.47 Å². The van der Waals surface area contributed by atoms with E-state index in [9.17, 15) is 4.79 Å². The van der Waals surface area contributed by atoms with E-state index in [4.69, 9.17) is 9.47 Å². The van der Waals surface area contributed by atoms with Gasteiger partial charge in [0.2, 0.25) is 5.78 Å². The third-order valence-corrected chi connectivity index (χ3v) is 5.71. The van der Waals surface area contributed by atoms with Crippen molar-refractivity contribution < 1.29 is 14.3 Å². The van der Waals surface area contributed by atoms with E-state index in [-0.39, 0.29) is 5.78 Å². The number of fused-ring (bicyclic) bond motifs is 2. The van der Waals surface area contributed by atoms with E-state index in [1.165, 1.54) is 5.56 Å². The van der Waals surface area contributed by atoms with E-state index in [2.05, 4.69) is 43.1 Å². The van der Waals surface area contributed by atoms with Crippen LogP contribution in [0.2, 0.25) is 0 Å². The highest BCUT2D eigenvalue weighted by Gasteiger charge is 2.39. The molecule has 0 fully saturated rings. The van der Waals surface area contributed by atoms with Crippen molar-refractivity contribution in [1.82, 2.24) is 4.98 Å². The van der Waals surface area contributed by atoms with Gasteiger partial charge in [0.15, 0.2) is 11.5 Å². The van der Waals surface area contributed by atoms with Crippen molar-refractivity contribution in [2.75, 3.05) is 0 Å². The number of aromatic nitrogens is 1. The van der Waals surface area contributed by atoms with Crippen LogP contribution in [0.5, 0.6) is 11.5 Å². The molecular formula is C27H25NO3. The molecule has 1 atom stereocenters. The van der Waals surface area contributed by atoms with E-state index < -0.39 is 5.79 Å². The number of rotatable bonds is 5. The fraction of sp³-hybridized carbons (Fsp3) is 0.222. The number of ether oxygens (including phenoxy) is 2. The van der Waals surface area contributed by atoms with Gasteiger partial charge in [-0.05, 0) is 48.2 Å². The maximum absolute atomic E-state index is 13.0. The van der Waals surface area contributed by atoms with E-state index >= 15 is 0 Å². The lowest BCUT2D eigenvalue weighted by Crippen LogP contribution is -2.31. The van der Waals surface area contributed by atoms with Gasteiger partial charge in [0.05, 0.1) is 5.69 Å². The summed E-state index contributed by atoms with van der Waals surface area (Å²) in [6, 6.07) is 23.5. The highest BCUT2D eigenvalue weighted by molar-refractivity contribution is 6.10. The summed E-state index contributed by atoms with van der Waals surface area (Å²) < 4.78 is 12.4. The Morgan fingerprint density at radius 3 is 2.42 bits per heavy atom. The van der Waals surface area contributed by atoms with Crippen molar-refractivity contribution in [3.63, 3.8) is 0 Å². The zero-order valence-electron chi connectivity index (χ0n) is 17.9. The van der Waals surface area contributed by atoms with Crippen LogP contribution in [-0.4, -0.2) is 10.8 Å². The number of carbonyl (C=O) groups excluding carboxylic acids is 1. The van der Waals surface area contributed by atoms with Gasteiger partial charge in [-0.3, -0.25) is 4.79 Å². The molecular weight excluding hydrogens is 386 g/mol. The average molecular weight is 412 g/mol. The fourth-order valence-electron chi connectivity index (χ4n) is 4.14. The highest BCUT2D eigenvalue weighted by Crippen LogP contribution is 2.44. The SMILES string of the molecule is CC(C)Cc1ccc(C2(C)Oc3ccc(C(=O)c4cc5ccccc5[nH]4)cc3O2)cc1. The molecule has 4 nitrogen and oxygen atoms in total. The van der Waals surface area contributed by atoms with Crippen LogP contribution in [0.1, 0.15) is 48.0 Å². The molecule has 3 aromatic carbocycles. The zero-order chi connectivity index (χ0) is 21.6. The minimum absolute atomic E-state index is 0.0748. The number of benzene rings is 3. The van der Waals surface area contributed by atoms with E-state index in [0.717, 1.165) is 22.9 Å². The minimum atomic E-state index is -0.915. The van der Waals surface area contributed by atoms with Gasteiger partial charge in [0, 0.05) is 29.0 Å². The predicted octanol–water partition coefficient (Wildman–Crippen LogP) is 6.24. The second-order valence-electron chi connectivity index (χ2n) is 8.71. The van der Waals surface area contributed by atoms with Crippen molar-refractivity contribution in [1.29, 1.82) is 0 Å². The second-order valence-corrected chi connectivity index (χ2v) is 8.71. The lowest BCUT2D eigenvalue weighted by atomic mass is 9.99. The van der Waals surface area contributed by atoms with Gasteiger partial charge >= 0.3 is 0 Å². The summed E-state index contributed by atoms with van der Waals surface area (Å²) in [4.78, 5) is 16.2. The van der Waals surface area contributed by atoms with Crippen LogP contribution in [0.4, 0.5) is 0 Å². The molecule has 0 amide bonds. The molecule has 156 valence electrons. The first kappa shape index (κ1) is 19.4. The summed E-state index contributed by atoms with van der Waals surface area (Å²) >= 11 is 0. The Morgan fingerprint density at radius 2 is 1.68 bits per heavy atom. The third-order valence-electron chi connectivity index (χ3n) is 5.71. The fourth-order valence-corrected chi connectivity index (χ4v) is 4.14. The quantitative estimate of drug-likeness (QED) is 0.395. The molecule has 4 aromatic rings. The van der Waals surface area contributed by atoms with Crippen molar-refractivity contribution in [2.45, 2.75) is 33.0 Å². The molecule has 31 heavy (non-hydrogen) atoms. The maximum atomic E-state index is 13.0. The number of ketones is 1. The number of carbonyl (C=O) groups is 1. The normalized spacial score (nSPS) is 17.4. The van der Waals surface area contributed by atoms with Gasteiger partial charge < -0.3 is 14.5 Å². The molecule has 1 N–H and O–H groups in total. The van der Waals surface area contributed by atoms with Crippen LogP contribution in [-0.2, 0) is 12.2 Å². The van der Waals surface area contributed by atoms with E-state index in [1.54, 1.807) is 12.1 Å². The lowest BCUT2D eigenvalue weighted by molar-refractivity contribution is -0.0680. The summed E-state index contributed by atoms with van der Waals surface area (Å²) in [6.45, 7) is 6.33. The average Bonchev–Trinajstić information content (AvgIpc) is 3.33. The summed E-state index contributed by atoms with van der Waals surface area (Å²) in [7, 11) is 0. The van der Waals surface area contributed by atoms with Gasteiger partial charge in [-0.2, -0.15) is 0 Å². The first-order valence-electron chi connectivity index (χ1n) is 10.7. The Labute approximate surface area is 181 Å².